The van der Waals surface area contributed by atoms with E-state index in [4.69, 9.17) is 0 Å². The summed E-state index contributed by atoms with van der Waals surface area (Å²) in [7, 11) is -3.66. The van der Waals surface area contributed by atoms with E-state index in [1.807, 2.05) is 24.3 Å². The zero-order chi connectivity index (χ0) is 15.0. The van der Waals surface area contributed by atoms with Crippen molar-refractivity contribution in [2.45, 2.75) is 18.7 Å². The van der Waals surface area contributed by atoms with Gasteiger partial charge in [0.25, 0.3) is 10.0 Å². The first-order chi connectivity index (χ1) is 9.99. The quantitative estimate of drug-likeness (QED) is 0.781. The van der Waals surface area contributed by atoms with Crippen LogP contribution in [0.25, 0.3) is 10.8 Å². The van der Waals surface area contributed by atoms with Gasteiger partial charge in [0.2, 0.25) is 0 Å². The summed E-state index contributed by atoms with van der Waals surface area (Å²) in [4.78, 5) is 0.264. The third-order valence-electron chi connectivity index (χ3n) is 3.40. The summed E-state index contributed by atoms with van der Waals surface area (Å²) in [5.74, 6) is 0. The predicted molar refractivity (Wildman–Crippen MR) is 82.8 cm³/mol. The lowest BCUT2D eigenvalue weighted by atomic mass is 10.1. The Morgan fingerprint density at radius 2 is 1.76 bits per heavy atom. The van der Waals surface area contributed by atoms with Crippen LogP contribution in [0.5, 0.6) is 0 Å². The van der Waals surface area contributed by atoms with Gasteiger partial charge in [-0.3, -0.25) is 9.82 Å². The van der Waals surface area contributed by atoms with Crippen LogP contribution in [-0.2, 0) is 10.0 Å². The average molecular weight is 301 g/mol. The first-order valence-electron chi connectivity index (χ1n) is 6.51. The van der Waals surface area contributed by atoms with Crippen molar-refractivity contribution in [2.75, 3.05) is 4.72 Å². The third kappa shape index (κ3) is 2.38. The minimum absolute atomic E-state index is 0.264. The molecule has 0 spiro atoms. The van der Waals surface area contributed by atoms with E-state index in [-0.39, 0.29) is 4.90 Å². The van der Waals surface area contributed by atoms with E-state index in [1.54, 1.807) is 32.0 Å². The van der Waals surface area contributed by atoms with Gasteiger partial charge in [-0.1, -0.05) is 36.4 Å². The molecule has 2 aromatic carbocycles. The fourth-order valence-electron chi connectivity index (χ4n) is 2.32. The van der Waals surface area contributed by atoms with Gasteiger partial charge in [-0.25, -0.2) is 8.42 Å². The maximum Gasteiger partial charge on any atom is 0.262 e. The molecular weight excluding hydrogens is 286 g/mol. The molecule has 108 valence electrons. The molecule has 0 amide bonds. The molecule has 0 aliphatic carbocycles. The van der Waals surface area contributed by atoms with Crippen LogP contribution in [0.2, 0.25) is 0 Å². The lowest BCUT2D eigenvalue weighted by molar-refractivity contribution is 0.602. The Labute approximate surface area is 123 Å². The number of nitrogens with one attached hydrogen (secondary N) is 2. The van der Waals surface area contributed by atoms with Gasteiger partial charge in [-0.15, -0.1) is 0 Å². The van der Waals surface area contributed by atoms with Gasteiger partial charge in [0.1, 0.15) is 0 Å². The minimum Gasteiger partial charge on any atom is -0.280 e. The number of aromatic amines is 1. The van der Waals surface area contributed by atoms with E-state index < -0.39 is 10.0 Å². The van der Waals surface area contributed by atoms with Crippen molar-refractivity contribution in [2.24, 2.45) is 0 Å². The second-order valence-electron chi connectivity index (χ2n) is 4.89. The zero-order valence-corrected chi connectivity index (χ0v) is 12.5. The Balaban J connectivity index is 2.13. The number of benzene rings is 2. The molecule has 0 bridgehead atoms. The Morgan fingerprint density at radius 1 is 1.05 bits per heavy atom. The van der Waals surface area contributed by atoms with Crippen LogP contribution in [0, 0.1) is 13.8 Å². The maximum atomic E-state index is 12.7. The molecule has 0 radical (unpaired) electrons. The molecule has 3 rings (SSSR count). The normalized spacial score (nSPS) is 11.7. The van der Waals surface area contributed by atoms with Gasteiger partial charge in [-0.05, 0) is 25.3 Å². The number of aryl methyl sites for hydroxylation is 2. The first kappa shape index (κ1) is 13.6. The van der Waals surface area contributed by atoms with Crippen molar-refractivity contribution in [1.82, 2.24) is 10.2 Å². The summed E-state index contributed by atoms with van der Waals surface area (Å²) < 4.78 is 28.0. The Kier molecular flexibility index (Phi) is 3.17. The lowest BCUT2D eigenvalue weighted by Gasteiger charge is -2.10. The van der Waals surface area contributed by atoms with Crippen LogP contribution in [0.4, 0.5) is 5.69 Å². The number of hydrogen-bond donors (Lipinski definition) is 2. The lowest BCUT2D eigenvalue weighted by Crippen LogP contribution is -2.14. The monoisotopic (exact) mass is 301 g/mol. The van der Waals surface area contributed by atoms with Gasteiger partial charge in [0.15, 0.2) is 0 Å². The maximum absolute atomic E-state index is 12.7. The number of rotatable bonds is 3. The van der Waals surface area contributed by atoms with Crippen molar-refractivity contribution in [1.29, 1.82) is 0 Å². The molecule has 2 N–H and O–H groups in total. The molecule has 3 aromatic rings. The molecular formula is C15H15N3O2S. The predicted octanol–water partition coefficient (Wildman–Crippen LogP) is 2.98. The fraction of sp³-hybridized carbons (Fsp3) is 0.133. The van der Waals surface area contributed by atoms with E-state index in [1.165, 1.54) is 0 Å². The largest absolute Gasteiger partial charge is 0.280 e. The summed E-state index contributed by atoms with van der Waals surface area (Å²) in [6.45, 7) is 3.53. The summed E-state index contributed by atoms with van der Waals surface area (Å²) >= 11 is 0. The Hall–Kier alpha value is -2.34. The molecule has 5 nitrogen and oxygen atoms in total. The van der Waals surface area contributed by atoms with Crippen molar-refractivity contribution in [3.8, 4) is 0 Å². The number of sulfonamides is 1. The molecule has 0 saturated carbocycles. The fourth-order valence-corrected chi connectivity index (χ4v) is 3.73. The van der Waals surface area contributed by atoms with Crippen LogP contribution < -0.4 is 4.72 Å². The van der Waals surface area contributed by atoms with Gasteiger partial charge < -0.3 is 0 Å². The highest BCUT2D eigenvalue weighted by atomic mass is 32.2. The minimum atomic E-state index is -3.66. The SMILES string of the molecule is Cc1n[nH]c(C)c1NS(=O)(=O)c1cccc2ccccc12. The van der Waals surface area contributed by atoms with Gasteiger partial charge in [0, 0.05) is 5.39 Å². The van der Waals surface area contributed by atoms with Crippen molar-refractivity contribution < 1.29 is 8.42 Å². The smallest absolute Gasteiger partial charge is 0.262 e. The van der Waals surface area contributed by atoms with E-state index in [0.717, 1.165) is 5.39 Å². The summed E-state index contributed by atoms with van der Waals surface area (Å²) in [5, 5.41) is 8.37. The molecule has 0 fully saturated rings. The van der Waals surface area contributed by atoms with Crippen LogP contribution in [-0.4, -0.2) is 18.6 Å². The highest BCUT2D eigenvalue weighted by Crippen LogP contribution is 2.26. The van der Waals surface area contributed by atoms with E-state index in [9.17, 15) is 8.42 Å². The van der Waals surface area contributed by atoms with Crippen LogP contribution in [0.15, 0.2) is 47.4 Å². The molecule has 0 atom stereocenters. The van der Waals surface area contributed by atoms with Gasteiger partial charge >= 0.3 is 0 Å². The Bertz CT molecular complexity index is 889. The van der Waals surface area contributed by atoms with Crippen LogP contribution in [0.1, 0.15) is 11.4 Å². The molecule has 0 saturated heterocycles. The highest BCUT2D eigenvalue weighted by molar-refractivity contribution is 7.93. The van der Waals surface area contributed by atoms with E-state index in [0.29, 0.717) is 22.5 Å². The molecule has 1 aromatic heterocycles. The summed E-state index contributed by atoms with van der Waals surface area (Å²) in [6, 6.07) is 12.7. The van der Waals surface area contributed by atoms with E-state index in [2.05, 4.69) is 14.9 Å². The van der Waals surface area contributed by atoms with Crippen molar-refractivity contribution in [3.63, 3.8) is 0 Å². The van der Waals surface area contributed by atoms with Crippen LogP contribution >= 0.6 is 0 Å². The van der Waals surface area contributed by atoms with Crippen molar-refractivity contribution >= 4 is 26.5 Å². The highest BCUT2D eigenvalue weighted by Gasteiger charge is 2.20. The average Bonchev–Trinajstić information content (AvgIpc) is 2.78. The van der Waals surface area contributed by atoms with Crippen molar-refractivity contribution in [3.05, 3.63) is 53.9 Å². The molecule has 0 unspecified atom stereocenters. The molecule has 0 aliphatic heterocycles. The number of hydrogen-bond acceptors (Lipinski definition) is 3. The topological polar surface area (TPSA) is 74.8 Å². The van der Waals surface area contributed by atoms with Gasteiger partial charge in [0.05, 0.1) is 22.0 Å². The second-order valence-corrected chi connectivity index (χ2v) is 6.54. The number of nitrogens with zero attached hydrogens (tertiary/aromatic N) is 1. The molecule has 0 aliphatic rings. The van der Waals surface area contributed by atoms with Gasteiger partial charge in [-0.2, -0.15) is 5.10 Å². The first-order valence-corrected chi connectivity index (χ1v) is 7.99. The van der Waals surface area contributed by atoms with E-state index >= 15 is 0 Å². The molecule has 1 heterocycles. The number of H-pyrrole nitrogens is 1. The molecule has 6 heteroatoms. The number of fused-ring (bicyclic) bond motifs is 1. The standard InChI is InChI=1S/C15H15N3O2S/c1-10-15(11(2)17-16-10)18-21(19,20)14-9-5-7-12-6-3-4-8-13(12)14/h3-9,18H,1-2H3,(H,16,17). The number of aromatic nitrogens is 2. The zero-order valence-electron chi connectivity index (χ0n) is 11.7. The second kappa shape index (κ2) is 4.89. The number of anilines is 1. The Morgan fingerprint density at radius 3 is 2.48 bits per heavy atom. The summed E-state index contributed by atoms with van der Waals surface area (Å²) in [5.41, 5.74) is 1.82. The third-order valence-corrected chi connectivity index (χ3v) is 4.81. The van der Waals surface area contributed by atoms with Crippen LogP contribution in [0.3, 0.4) is 0 Å². The summed E-state index contributed by atoms with van der Waals surface area (Å²) in [6.07, 6.45) is 0. The molecule has 21 heavy (non-hydrogen) atoms.